The number of aryl methyl sites for hydroxylation is 1. The Hall–Kier alpha value is -0.650. The minimum atomic E-state index is 0.358. The number of hydrogen-bond acceptors (Lipinski definition) is 5. The van der Waals surface area contributed by atoms with Crippen molar-refractivity contribution in [2.45, 2.75) is 39.4 Å². The lowest BCUT2D eigenvalue weighted by atomic mass is 10.2. The van der Waals surface area contributed by atoms with Gasteiger partial charge in [-0.3, -0.25) is 4.90 Å². The second-order valence-corrected chi connectivity index (χ2v) is 6.62. The molecule has 2 rings (SSSR count). The Kier molecular flexibility index (Phi) is 5.19. The van der Waals surface area contributed by atoms with Crippen LogP contribution in [0.25, 0.3) is 0 Å². The van der Waals surface area contributed by atoms with Crippen LogP contribution in [0.2, 0.25) is 0 Å². The maximum atomic E-state index is 4.75. The first-order valence-corrected chi connectivity index (χ1v) is 8.07. The zero-order chi connectivity index (χ0) is 13.8. The second-order valence-electron chi connectivity index (χ2n) is 5.47. The van der Waals surface area contributed by atoms with Gasteiger partial charge >= 0.3 is 0 Å². The SMILES string of the molecule is Cc1cc(CNC(C)C)nc(C2CSCCN2C)n1. The fourth-order valence-corrected chi connectivity index (χ4v) is 3.38. The first kappa shape index (κ1) is 14.8. The molecule has 2 heterocycles. The van der Waals surface area contributed by atoms with Gasteiger partial charge in [-0.1, -0.05) is 13.8 Å². The molecule has 1 aromatic heterocycles. The zero-order valence-corrected chi connectivity index (χ0v) is 13.1. The fraction of sp³-hybridized carbons (Fsp3) is 0.714. The molecule has 1 fully saturated rings. The number of nitrogens with one attached hydrogen (secondary N) is 1. The molecule has 0 aliphatic carbocycles. The van der Waals surface area contributed by atoms with Gasteiger partial charge in [0.2, 0.25) is 0 Å². The van der Waals surface area contributed by atoms with Crippen molar-refractivity contribution in [2.75, 3.05) is 25.1 Å². The topological polar surface area (TPSA) is 41.1 Å². The summed E-state index contributed by atoms with van der Waals surface area (Å²) in [6, 6.07) is 2.91. The van der Waals surface area contributed by atoms with Crippen molar-refractivity contribution in [1.29, 1.82) is 0 Å². The number of rotatable bonds is 4. The third kappa shape index (κ3) is 4.16. The average molecular weight is 280 g/mol. The van der Waals surface area contributed by atoms with Gasteiger partial charge in [0.1, 0.15) is 5.82 Å². The minimum absolute atomic E-state index is 0.358. The van der Waals surface area contributed by atoms with Crippen LogP contribution in [0.1, 0.15) is 37.1 Å². The lowest BCUT2D eigenvalue weighted by Gasteiger charge is -2.31. The minimum Gasteiger partial charge on any atom is -0.309 e. The highest BCUT2D eigenvalue weighted by Gasteiger charge is 2.24. The Morgan fingerprint density at radius 1 is 1.47 bits per heavy atom. The third-order valence-electron chi connectivity index (χ3n) is 3.31. The second kappa shape index (κ2) is 6.68. The summed E-state index contributed by atoms with van der Waals surface area (Å²) in [5, 5.41) is 3.42. The first-order valence-electron chi connectivity index (χ1n) is 6.92. The first-order chi connectivity index (χ1) is 9.06. The van der Waals surface area contributed by atoms with Gasteiger partial charge in [0, 0.05) is 36.3 Å². The predicted molar refractivity (Wildman–Crippen MR) is 81.4 cm³/mol. The monoisotopic (exact) mass is 280 g/mol. The molecule has 1 aliphatic rings. The molecule has 0 spiro atoms. The molecule has 1 aromatic rings. The van der Waals surface area contributed by atoms with Gasteiger partial charge in [-0.25, -0.2) is 9.97 Å². The van der Waals surface area contributed by atoms with Crippen molar-refractivity contribution in [3.63, 3.8) is 0 Å². The van der Waals surface area contributed by atoms with E-state index in [4.69, 9.17) is 4.98 Å². The fourth-order valence-electron chi connectivity index (χ4n) is 2.17. The molecular formula is C14H24N4S. The Morgan fingerprint density at radius 3 is 2.95 bits per heavy atom. The highest BCUT2D eigenvalue weighted by atomic mass is 32.2. The third-order valence-corrected chi connectivity index (χ3v) is 4.33. The van der Waals surface area contributed by atoms with Gasteiger partial charge < -0.3 is 5.32 Å². The van der Waals surface area contributed by atoms with Crippen LogP contribution in [0.15, 0.2) is 6.07 Å². The standard InChI is InChI=1S/C14H24N4S/c1-10(2)15-8-12-7-11(3)16-14(17-12)13-9-19-6-5-18(13)4/h7,10,13,15H,5-6,8-9H2,1-4H3. The maximum absolute atomic E-state index is 4.75. The molecule has 0 radical (unpaired) electrons. The molecule has 1 saturated heterocycles. The number of thioether (sulfide) groups is 1. The summed E-state index contributed by atoms with van der Waals surface area (Å²) in [6.07, 6.45) is 0. The van der Waals surface area contributed by atoms with Crippen molar-refractivity contribution >= 4 is 11.8 Å². The average Bonchev–Trinajstić information content (AvgIpc) is 2.36. The van der Waals surface area contributed by atoms with Crippen LogP contribution in [-0.4, -0.2) is 46.0 Å². The van der Waals surface area contributed by atoms with Gasteiger partial charge in [-0.05, 0) is 20.0 Å². The molecule has 1 N–H and O–H groups in total. The van der Waals surface area contributed by atoms with Crippen molar-refractivity contribution in [2.24, 2.45) is 0 Å². The van der Waals surface area contributed by atoms with E-state index in [1.807, 2.05) is 11.8 Å². The number of hydrogen-bond donors (Lipinski definition) is 1. The van der Waals surface area contributed by atoms with E-state index in [0.717, 1.165) is 36.1 Å². The Bertz CT molecular complexity index is 422. The van der Waals surface area contributed by atoms with E-state index in [1.54, 1.807) is 0 Å². The van der Waals surface area contributed by atoms with E-state index in [2.05, 4.69) is 49.1 Å². The number of aromatic nitrogens is 2. The van der Waals surface area contributed by atoms with Crippen LogP contribution in [-0.2, 0) is 6.54 Å². The molecule has 1 aliphatic heterocycles. The van der Waals surface area contributed by atoms with Crippen LogP contribution in [0, 0.1) is 6.92 Å². The molecule has 0 saturated carbocycles. The molecule has 0 bridgehead atoms. The normalized spacial score (nSPS) is 21.0. The van der Waals surface area contributed by atoms with Gasteiger partial charge in [-0.15, -0.1) is 0 Å². The van der Waals surface area contributed by atoms with Crippen LogP contribution in [0.5, 0.6) is 0 Å². The van der Waals surface area contributed by atoms with Crippen molar-refractivity contribution in [3.05, 3.63) is 23.3 Å². The summed E-state index contributed by atoms with van der Waals surface area (Å²) in [5.41, 5.74) is 2.16. The predicted octanol–water partition coefficient (Wildman–Crippen LogP) is 2.00. The van der Waals surface area contributed by atoms with Crippen molar-refractivity contribution in [3.8, 4) is 0 Å². The van der Waals surface area contributed by atoms with Gasteiger partial charge in [-0.2, -0.15) is 11.8 Å². The van der Waals surface area contributed by atoms with E-state index < -0.39 is 0 Å². The van der Waals surface area contributed by atoms with Gasteiger partial charge in [0.25, 0.3) is 0 Å². The van der Waals surface area contributed by atoms with E-state index in [-0.39, 0.29) is 0 Å². The molecule has 5 heteroatoms. The Morgan fingerprint density at radius 2 is 2.26 bits per heavy atom. The van der Waals surface area contributed by atoms with E-state index >= 15 is 0 Å². The lowest BCUT2D eigenvalue weighted by molar-refractivity contribution is 0.263. The van der Waals surface area contributed by atoms with E-state index in [0.29, 0.717) is 12.1 Å². The lowest BCUT2D eigenvalue weighted by Crippen LogP contribution is -2.34. The zero-order valence-electron chi connectivity index (χ0n) is 12.3. The highest BCUT2D eigenvalue weighted by Crippen LogP contribution is 2.26. The van der Waals surface area contributed by atoms with E-state index in [9.17, 15) is 0 Å². The molecule has 1 unspecified atom stereocenters. The smallest absolute Gasteiger partial charge is 0.146 e. The van der Waals surface area contributed by atoms with Crippen molar-refractivity contribution in [1.82, 2.24) is 20.2 Å². The summed E-state index contributed by atoms with van der Waals surface area (Å²) in [7, 11) is 2.17. The Balaban J connectivity index is 2.15. The maximum Gasteiger partial charge on any atom is 0.146 e. The molecule has 0 aromatic carbocycles. The summed E-state index contributed by atoms with van der Waals surface area (Å²) < 4.78 is 0. The highest BCUT2D eigenvalue weighted by molar-refractivity contribution is 7.99. The largest absolute Gasteiger partial charge is 0.309 e. The van der Waals surface area contributed by atoms with Gasteiger partial charge in [0.05, 0.1) is 11.7 Å². The summed E-state index contributed by atoms with van der Waals surface area (Å²) in [4.78, 5) is 11.8. The molecule has 106 valence electrons. The summed E-state index contributed by atoms with van der Waals surface area (Å²) in [6.45, 7) is 8.30. The Labute approximate surface area is 120 Å². The quantitative estimate of drug-likeness (QED) is 0.913. The molecule has 0 amide bonds. The number of nitrogens with zero attached hydrogens (tertiary/aromatic N) is 3. The van der Waals surface area contributed by atoms with Crippen LogP contribution >= 0.6 is 11.8 Å². The van der Waals surface area contributed by atoms with Crippen LogP contribution in [0.3, 0.4) is 0 Å². The van der Waals surface area contributed by atoms with Crippen LogP contribution in [0.4, 0.5) is 0 Å². The summed E-state index contributed by atoms with van der Waals surface area (Å²) in [5.74, 6) is 3.28. The van der Waals surface area contributed by atoms with E-state index in [1.165, 1.54) is 5.75 Å². The van der Waals surface area contributed by atoms with Crippen molar-refractivity contribution < 1.29 is 0 Å². The molecule has 4 nitrogen and oxygen atoms in total. The molecular weight excluding hydrogens is 256 g/mol. The van der Waals surface area contributed by atoms with Gasteiger partial charge in [0.15, 0.2) is 0 Å². The molecule has 1 atom stereocenters. The van der Waals surface area contributed by atoms with Crippen LogP contribution < -0.4 is 5.32 Å². The molecule has 19 heavy (non-hydrogen) atoms. The summed E-state index contributed by atoms with van der Waals surface area (Å²) >= 11 is 1.99.